The topological polar surface area (TPSA) is 97.3 Å². The van der Waals surface area contributed by atoms with Crippen LogP contribution in [0.25, 0.3) is 0 Å². The zero-order valence-electron chi connectivity index (χ0n) is 12.7. The molecule has 0 N–H and O–H groups in total. The summed E-state index contributed by atoms with van der Waals surface area (Å²) in [6, 6.07) is 0. The van der Waals surface area contributed by atoms with Crippen LogP contribution in [0.5, 0.6) is 0 Å². The summed E-state index contributed by atoms with van der Waals surface area (Å²) >= 11 is 0. The van der Waals surface area contributed by atoms with Gasteiger partial charge in [0.1, 0.15) is 16.7 Å². The van der Waals surface area contributed by atoms with Crippen LogP contribution in [0.1, 0.15) is 13.8 Å². The molecule has 0 aromatic carbocycles. The van der Waals surface area contributed by atoms with Gasteiger partial charge in [0, 0.05) is 0 Å². The van der Waals surface area contributed by atoms with Gasteiger partial charge in [-0.05, 0) is 13.8 Å². The lowest BCUT2D eigenvalue weighted by atomic mass is 10.4. The lowest BCUT2D eigenvalue weighted by Gasteiger charge is -2.28. The third kappa shape index (κ3) is 15.2. The highest BCUT2D eigenvalue weighted by Crippen LogP contribution is 1.98. The highest BCUT2D eigenvalue weighted by molar-refractivity contribution is 7.85. The van der Waals surface area contributed by atoms with E-state index in [1.54, 1.807) is 14.1 Å². The Morgan fingerprint density at radius 1 is 1.00 bits per heavy atom. The van der Waals surface area contributed by atoms with E-state index in [0.29, 0.717) is 11.0 Å². The molecule has 8 heteroatoms. The Bertz CT molecular complexity index is 377. The summed E-state index contributed by atoms with van der Waals surface area (Å²) in [5, 5.41) is 10.0. The van der Waals surface area contributed by atoms with Gasteiger partial charge in [0.15, 0.2) is 5.88 Å². The third-order valence-corrected chi connectivity index (χ3v) is 3.79. The summed E-state index contributed by atoms with van der Waals surface area (Å²) in [5.74, 6) is -1.31. The molecule has 0 saturated heterocycles. The van der Waals surface area contributed by atoms with Gasteiger partial charge in [0.05, 0.1) is 47.2 Å². The number of nitrogens with zero attached hydrogens (tertiary/aromatic N) is 2. The molecule has 7 nitrogen and oxygen atoms in total. The Balaban J connectivity index is 0. The standard InChI is InChI=1S/C6H13NO2.C5H13NO3S/c1-4-7(2,3)5-6(8)9;1-4-6(2,3)5-10(7,8)9/h4-5H2,1-3H3;4-5H2,1-3H3. The second-order valence-electron chi connectivity index (χ2n) is 5.72. The average molecular weight is 298 g/mol. The molecule has 0 saturated carbocycles. The number of likely N-dealkylation sites (N-methyl/N-ethyl adjacent to an activating group) is 1. The summed E-state index contributed by atoms with van der Waals surface area (Å²) in [7, 11) is 3.05. The SMILES string of the molecule is CC[N+](C)(C)CC(=O)[O-].CC[N+](C)(C)CS(=O)(=O)[O-]. The first-order chi connectivity index (χ1) is 8.24. The van der Waals surface area contributed by atoms with Crippen LogP contribution >= 0.6 is 0 Å². The van der Waals surface area contributed by atoms with Crippen molar-refractivity contribution in [2.24, 2.45) is 0 Å². The molecule has 116 valence electrons. The zero-order chi connectivity index (χ0) is 15.9. The smallest absolute Gasteiger partial charge is 0.168 e. The molecule has 0 aromatic rings. The minimum Gasteiger partial charge on any atom is -0.744 e. The predicted octanol–water partition coefficient (Wildman–Crippen LogP) is -1.58. The van der Waals surface area contributed by atoms with Gasteiger partial charge >= 0.3 is 0 Å². The van der Waals surface area contributed by atoms with Gasteiger partial charge in [0.2, 0.25) is 0 Å². The van der Waals surface area contributed by atoms with Crippen LogP contribution in [0.15, 0.2) is 0 Å². The maximum atomic E-state index is 10.2. The molecule has 0 aliphatic heterocycles. The summed E-state index contributed by atoms with van der Waals surface area (Å²) in [6.07, 6.45) is 0. The molecule has 0 rings (SSSR count). The fourth-order valence-corrected chi connectivity index (χ4v) is 2.02. The first-order valence-corrected chi connectivity index (χ1v) is 7.60. The molecule has 0 spiro atoms. The van der Waals surface area contributed by atoms with Crippen molar-refractivity contribution in [3.63, 3.8) is 0 Å². The molecule has 0 atom stereocenters. The van der Waals surface area contributed by atoms with Gasteiger partial charge in [-0.3, -0.25) is 0 Å². The Hall–Kier alpha value is -0.700. The molecule has 0 aliphatic rings. The average Bonchev–Trinajstić information content (AvgIpc) is 2.13. The predicted molar refractivity (Wildman–Crippen MR) is 69.7 cm³/mol. The molecule has 0 aliphatic carbocycles. The lowest BCUT2D eigenvalue weighted by Crippen LogP contribution is -2.47. The maximum absolute atomic E-state index is 10.2. The van der Waals surface area contributed by atoms with Crippen molar-refractivity contribution in [2.45, 2.75) is 13.8 Å². The number of quaternary nitrogens is 2. The summed E-state index contributed by atoms with van der Waals surface area (Å²) in [4.78, 5) is 10.0. The molecular weight excluding hydrogens is 272 g/mol. The summed E-state index contributed by atoms with van der Waals surface area (Å²) in [6.45, 7) is 5.33. The van der Waals surface area contributed by atoms with E-state index in [1.807, 2.05) is 27.9 Å². The van der Waals surface area contributed by atoms with Gasteiger partial charge < -0.3 is 23.4 Å². The first kappa shape index (κ1) is 20.6. The maximum Gasteiger partial charge on any atom is 0.168 e. The second kappa shape index (κ2) is 7.78. The van der Waals surface area contributed by atoms with E-state index < -0.39 is 16.1 Å². The molecule has 0 radical (unpaired) electrons. The van der Waals surface area contributed by atoms with Crippen molar-refractivity contribution < 1.29 is 31.8 Å². The van der Waals surface area contributed by atoms with Gasteiger partial charge in [0.25, 0.3) is 0 Å². The Kier molecular flexibility index (Phi) is 8.45. The van der Waals surface area contributed by atoms with Gasteiger partial charge in [-0.25, -0.2) is 8.42 Å². The number of hydrogen-bond acceptors (Lipinski definition) is 5. The van der Waals surface area contributed by atoms with Crippen LogP contribution in [-0.2, 0) is 14.9 Å². The van der Waals surface area contributed by atoms with E-state index in [2.05, 4.69) is 0 Å². The number of rotatable bonds is 6. The lowest BCUT2D eigenvalue weighted by molar-refractivity contribution is -0.882. The minimum atomic E-state index is -4.07. The Labute approximate surface area is 116 Å². The van der Waals surface area contributed by atoms with Crippen LogP contribution in [0.2, 0.25) is 0 Å². The van der Waals surface area contributed by atoms with Crippen molar-refractivity contribution >= 4 is 16.1 Å². The van der Waals surface area contributed by atoms with Crippen molar-refractivity contribution in [2.75, 3.05) is 53.7 Å². The van der Waals surface area contributed by atoms with Crippen molar-refractivity contribution in [1.82, 2.24) is 0 Å². The molecule has 0 bridgehead atoms. The van der Waals surface area contributed by atoms with E-state index in [1.165, 1.54) is 0 Å². The Morgan fingerprint density at radius 2 is 1.37 bits per heavy atom. The van der Waals surface area contributed by atoms with Gasteiger partial charge in [-0.2, -0.15) is 0 Å². The molecule has 0 heterocycles. The second-order valence-corrected chi connectivity index (χ2v) is 7.09. The highest BCUT2D eigenvalue weighted by Gasteiger charge is 2.15. The fraction of sp³-hybridized carbons (Fsp3) is 0.909. The number of aliphatic carboxylic acids is 1. The van der Waals surface area contributed by atoms with Crippen LogP contribution in [0.4, 0.5) is 0 Å². The van der Waals surface area contributed by atoms with E-state index >= 15 is 0 Å². The van der Waals surface area contributed by atoms with Crippen LogP contribution in [-0.4, -0.2) is 81.6 Å². The molecule has 0 aromatic heterocycles. The molecule has 0 fully saturated rings. The zero-order valence-corrected chi connectivity index (χ0v) is 13.5. The molecule has 19 heavy (non-hydrogen) atoms. The van der Waals surface area contributed by atoms with Crippen LogP contribution in [0, 0.1) is 0 Å². The van der Waals surface area contributed by atoms with Gasteiger partial charge in [-0.15, -0.1) is 0 Å². The number of carbonyl (C=O) groups excluding carboxylic acids is 1. The number of carbonyl (C=O) groups is 1. The van der Waals surface area contributed by atoms with E-state index in [0.717, 1.165) is 6.54 Å². The number of carboxylic acids is 1. The van der Waals surface area contributed by atoms with E-state index in [-0.39, 0.29) is 16.9 Å². The largest absolute Gasteiger partial charge is 0.744 e. The monoisotopic (exact) mass is 298 g/mol. The number of hydrogen-bond donors (Lipinski definition) is 0. The van der Waals surface area contributed by atoms with Crippen molar-refractivity contribution in [1.29, 1.82) is 0 Å². The molecular formula is C11H26N2O5S. The fourth-order valence-electron chi connectivity index (χ4n) is 0.981. The molecule has 0 amide bonds. The molecule has 0 unspecified atom stereocenters. The third-order valence-electron chi connectivity index (χ3n) is 2.78. The number of carboxylic acid groups (broad SMARTS) is 1. The first-order valence-electron chi connectivity index (χ1n) is 6.02. The van der Waals surface area contributed by atoms with Gasteiger partial charge in [-0.1, -0.05) is 0 Å². The van der Waals surface area contributed by atoms with Crippen LogP contribution in [0.3, 0.4) is 0 Å². The highest BCUT2D eigenvalue weighted by atomic mass is 32.2. The quantitative estimate of drug-likeness (QED) is 0.435. The van der Waals surface area contributed by atoms with E-state index in [4.69, 9.17) is 0 Å². The summed E-state index contributed by atoms with van der Waals surface area (Å²) < 4.78 is 31.4. The van der Waals surface area contributed by atoms with E-state index in [9.17, 15) is 22.9 Å². The van der Waals surface area contributed by atoms with Crippen molar-refractivity contribution in [3.05, 3.63) is 0 Å². The van der Waals surface area contributed by atoms with Crippen molar-refractivity contribution in [3.8, 4) is 0 Å². The normalized spacial score (nSPS) is 12.6. The Morgan fingerprint density at radius 3 is 1.47 bits per heavy atom. The summed E-state index contributed by atoms with van der Waals surface area (Å²) in [5.41, 5.74) is 0. The minimum absolute atomic E-state index is 0.0938. The van der Waals surface area contributed by atoms with Crippen LogP contribution < -0.4 is 5.11 Å².